The van der Waals surface area contributed by atoms with E-state index >= 15 is 0 Å². The topological polar surface area (TPSA) is 85.0 Å². The first-order valence-electron chi connectivity index (χ1n) is 12.0. The molecule has 0 spiro atoms. The van der Waals surface area contributed by atoms with Gasteiger partial charge in [-0.15, -0.1) is 0 Å². The van der Waals surface area contributed by atoms with Crippen molar-refractivity contribution < 1.29 is 14.4 Å². The summed E-state index contributed by atoms with van der Waals surface area (Å²) in [6.07, 6.45) is -0.0760. The molecular weight excluding hydrogens is 466 g/mol. The van der Waals surface area contributed by atoms with Crippen LogP contribution in [0.15, 0.2) is 42.5 Å². The van der Waals surface area contributed by atoms with Crippen LogP contribution >= 0.6 is 11.6 Å². The predicted octanol–water partition coefficient (Wildman–Crippen LogP) is 2.43. The summed E-state index contributed by atoms with van der Waals surface area (Å²) in [5, 5.41) is 6.39. The molecule has 2 aliphatic heterocycles. The number of aryl methyl sites for hydroxylation is 2. The summed E-state index contributed by atoms with van der Waals surface area (Å²) in [4.78, 5) is 44.5. The minimum Gasteiger partial charge on any atom is -0.369 e. The molecule has 0 radical (unpaired) electrons. The van der Waals surface area contributed by atoms with E-state index in [1.165, 1.54) is 0 Å². The SMILES string of the molecule is Cc1ccc(NC(=O)C[C@@H]2C(=O)NCCN2C(=O)CN2CCN(c3cccc(Cl)c3)CC2)c(C)c1. The molecule has 3 amide bonds. The van der Waals surface area contributed by atoms with E-state index in [2.05, 4.69) is 20.4 Å². The van der Waals surface area contributed by atoms with Gasteiger partial charge in [0.05, 0.1) is 13.0 Å². The average molecular weight is 498 g/mol. The van der Waals surface area contributed by atoms with Crippen molar-refractivity contribution in [2.45, 2.75) is 26.3 Å². The Labute approximate surface area is 211 Å². The number of nitrogens with zero attached hydrogens (tertiary/aromatic N) is 3. The van der Waals surface area contributed by atoms with E-state index in [9.17, 15) is 14.4 Å². The normalized spacial score (nSPS) is 18.8. The maximum absolute atomic E-state index is 13.2. The van der Waals surface area contributed by atoms with Gasteiger partial charge in [-0.2, -0.15) is 0 Å². The van der Waals surface area contributed by atoms with E-state index < -0.39 is 6.04 Å². The molecular formula is C26H32ClN5O3. The summed E-state index contributed by atoms with van der Waals surface area (Å²) in [7, 11) is 0. The Bertz CT molecular complexity index is 1100. The fraction of sp³-hybridized carbons (Fsp3) is 0.423. The minimum atomic E-state index is -0.810. The number of nitrogens with one attached hydrogen (secondary N) is 2. The van der Waals surface area contributed by atoms with Crippen molar-refractivity contribution in [3.63, 3.8) is 0 Å². The first kappa shape index (κ1) is 25.0. The molecule has 0 bridgehead atoms. The molecule has 0 aromatic heterocycles. The van der Waals surface area contributed by atoms with Gasteiger partial charge in [-0.3, -0.25) is 19.3 Å². The van der Waals surface area contributed by atoms with Gasteiger partial charge in [-0.25, -0.2) is 0 Å². The number of hydrogen-bond donors (Lipinski definition) is 2. The Hall–Kier alpha value is -3.10. The Kier molecular flexibility index (Phi) is 7.93. The molecule has 2 aromatic carbocycles. The highest BCUT2D eigenvalue weighted by Crippen LogP contribution is 2.21. The van der Waals surface area contributed by atoms with E-state index in [1.807, 2.05) is 56.3 Å². The summed E-state index contributed by atoms with van der Waals surface area (Å²) in [6.45, 7) is 7.98. The summed E-state index contributed by atoms with van der Waals surface area (Å²) < 4.78 is 0. The van der Waals surface area contributed by atoms with Crippen molar-refractivity contribution in [1.29, 1.82) is 0 Å². The molecule has 0 saturated carbocycles. The van der Waals surface area contributed by atoms with Crippen LogP contribution in [0, 0.1) is 13.8 Å². The summed E-state index contributed by atoms with van der Waals surface area (Å²) >= 11 is 6.12. The summed E-state index contributed by atoms with van der Waals surface area (Å²) in [5.41, 5.74) is 3.85. The van der Waals surface area contributed by atoms with Crippen molar-refractivity contribution in [2.24, 2.45) is 0 Å². The molecule has 4 rings (SSSR count). The number of carbonyl (C=O) groups excluding carboxylic acids is 3. The smallest absolute Gasteiger partial charge is 0.243 e. The largest absolute Gasteiger partial charge is 0.369 e. The van der Waals surface area contributed by atoms with Crippen molar-refractivity contribution in [1.82, 2.24) is 15.1 Å². The van der Waals surface area contributed by atoms with Crippen molar-refractivity contribution >= 4 is 40.7 Å². The lowest BCUT2D eigenvalue weighted by Crippen LogP contribution is -2.60. The molecule has 35 heavy (non-hydrogen) atoms. The van der Waals surface area contributed by atoms with Crippen LogP contribution in [0.3, 0.4) is 0 Å². The van der Waals surface area contributed by atoms with Crippen LogP contribution in [0.4, 0.5) is 11.4 Å². The monoisotopic (exact) mass is 497 g/mol. The van der Waals surface area contributed by atoms with E-state index in [-0.39, 0.29) is 30.7 Å². The highest BCUT2D eigenvalue weighted by atomic mass is 35.5. The van der Waals surface area contributed by atoms with E-state index in [0.29, 0.717) is 23.8 Å². The first-order chi connectivity index (χ1) is 16.8. The zero-order chi connectivity index (χ0) is 24.9. The molecule has 2 N–H and O–H groups in total. The highest BCUT2D eigenvalue weighted by Gasteiger charge is 2.35. The molecule has 1 atom stereocenters. The Balaban J connectivity index is 1.33. The van der Waals surface area contributed by atoms with Crippen LogP contribution in [0.25, 0.3) is 0 Å². The third kappa shape index (κ3) is 6.32. The molecule has 2 saturated heterocycles. The van der Waals surface area contributed by atoms with Crippen LogP contribution in [-0.4, -0.2) is 79.4 Å². The first-order valence-corrected chi connectivity index (χ1v) is 12.3. The molecule has 2 aromatic rings. The average Bonchev–Trinajstić information content (AvgIpc) is 2.82. The van der Waals surface area contributed by atoms with Gasteiger partial charge in [0.1, 0.15) is 6.04 Å². The van der Waals surface area contributed by atoms with E-state index in [4.69, 9.17) is 11.6 Å². The molecule has 2 heterocycles. The van der Waals surface area contributed by atoms with Crippen LogP contribution < -0.4 is 15.5 Å². The minimum absolute atomic E-state index is 0.0760. The molecule has 0 unspecified atom stereocenters. The number of benzene rings is 2. The number of rotatable bonds is 6. The standard InChI is InChI=1S/C26H32ClN5O3/c1-18-6-7-22(19(2)14-18)29-24(33)16-23-26(35)28-8-9-32(23)25(34)17-30-10-12-31(13-11-30)21-5-3-4-20(27)15-21/h3-7,14-15,23H,8-13,16-17H2,1-2H3,(H,28,35)(H,29,33)/t23-/m1/s1. The van der Waals surface area contributed by atoms with Crippen molar-refractivity contribution in [2.75, 3.05) is 56.0 Å². The third-order valence-corrected chi connectivity index (χ3v) is 6.83. The highest BCUT2D eigenvalue weighted by molar-refractivity contribution is 6.30. The lowest BCUT2D eigenvalue weighted by molar-refractivity contribution is -0.145. The lowest BCUT2D eigenvalue weighted by Gasteiger charge is -2.39. The molecule has 9 heteroatoms. The van der Waals surface area contributed by atoms with Gasteiger partial charge in [0, 0.05) is 55.7 Å². The van der Waals surface area contributed by atoms with Gasteiger partial charge in [0.25, 0.3) is 0 Å². The Morgan fingerprint density at radius 1 is 1.06 bits per heavy atom. The van der Waals surface area contributed by atoms with Crippen LogP contribution in [0.2, 0.25) is 5.02 Å². The third-order valence-electron chi connectivity index (χ3n) is 6.59. The fourth-order valence-electron chi connectivity index (χ4n) is 4.67. The van der Waals surface area contributed by atoms with E-state index in [1.54, 1.807) is 4.90 Å². The molecule has 2 aliphatic rings. The summed E-state index contributed by atoms with van der Waals surface area (Å²) in [6, 6.07) is 12.7. The maximum Gasteiger partial charge on any atom is 0.243 e. The van der Waals surface area contributed by atoms with Crippen molar-refractivity contribution in [3.05, 3.63) is 58.6 Å². The number of carbonyl (C=O) groups is 3. The van der Waals surface area contributed by atoms with Gasteiger partial charge in [0.2, 0.25) is 17.7 Å². The maximum atomic E-state index is 13.2. The fourth-order valence-corrected chi connectivity index (χ4v) is 4.85. The van der Waals surface area contributed by atoms with Gasteiger partial charge in [-0.05, 0) is 43.7 Å². The van der Waals surface area contributed by atoms with Crippen LogP contribution in [-0.2, 0) is 14.4 Å². The Morgan fingerprint density at radius 2 is 1.83 bits per heavy atom. The van der Waals surface area contributed by atoms with Gasteiger partial charge in [-0.1, -0.05) is 35.4 Å². The second-order valence-electron chi connectivity index (χ2n) is 9.21. The quantitative estimate of drug-likeness (QED) is 0.640. The number of halogens is 1. The number of amides is 3. The van der Waals surface area contributed by atoms with E-state index in [0.717, 1.165) is 43.0 Å². The molecule has 2 fully saturated rings. The molecule has 0 aliphatic carbocycles. The van der Waals surface area contributed by atoms with Gasteiger partial charge in [0.15, 0.2) is 0 Å². The zero-order valence-electron chi connectivity index (χ0n) is 20.2. The second kappa shape index (κ2) is 11.1. The van der Waals surface area contributed by atoms with Crippen LogP contribution in [0.1, 0.15) is 17.5 Å². The van der Waals surface area contributed by atoms with Gasteiger partial charge < -0.3 is 20.4 Å². The summed E-state index contributed by atoms with van der Waals surface area (Å²) in [5.74, 6) is -0.696. The van der Waals surface area contributed by atoms with Crippen molar-refractivity contribution in [3.8, 4) is 0 Å². The second-order valence-corrected chi connectivity index (χ2v) is 9.64. The van der Waals surface area contributed by atoms with Crippen LogP contribution in [0.5, 0.6) is 0 Å². The molecule has 186 valence electrons. The predicted molar refractivity (Wildman–Crippen MR) is 138 cm³/mol. The number of anilines is 2. The van der Waals surface area contributed by atoms with Gasteiger partial charge >= 0.3 is 0 Å². The number of piperazine rings is 2. The number of hydrogen-bond acceptors (Lipinski definition) is 5. The zero-order valence-corrected chi connectivity index (χ0v) is 21.0. The lowest BCUT2D eigenvalue weighted by atomic mass is 10.1. The Morgan fingerprint density at radius 3 is 2.54 bits per heavy atom. The molecule has 8 nitrogen and oxygen atoms in total.